The van der Waals surface area contributed by atoms with Gasteiger partial charge in [0, 0.05) is 17.3 Å². The fourth-order valence-corrected chi connectivity index (χ4v) is 2.67. The molecule has 0 radical (unpaired) electrons. The van der Waals surface area contributed by atoms with Gasteiger partial charge in [0.2, 0.25) is 12.2 Å². The quantitative estimate of drug-likeness (QED) is 0.333. The van der Waals surface area contributed by atoms with E-state index in [0.717, 1.165) is 29.4 Å². The highest BCUT2D eigenvalue weighted by Crippen LogP contribution is 2.07. The molecule has 6 heteroatoms. The molecule has 0 fully saturated rings. The first-order valence-corrected chi connectivity index (χ1v) is 6.95. The molecule has 0 aromatic heterocycles. The van der Waals surface area contributed by atoms with E-state index in [1.54, 1.807) is 11.8 Å². The molecule has 0 rings (SSSR count). The SMILES string of the molecule is O=C=NCCCSCCSCCN=C=O. The van der Waals surface area contributed by atoms with Crippen LogP contribution in [0.3, 0.4) is 0 Å². The predicted molar refractivity (Wildman–Crippen MR) is 65.2 cm³/mol. The second-order valence-electron chi connectivity index (χ2n) is 2.52. The molecule has 0 amide bonds. The van der Waals surface area contributed by atoms with Gasteiger partial charge >= 0.3 is 0 Å². The Morgan fingerprint density at radius 2 is 1.40 bits per heavy atom. The van der Waals surface area contributed by atoms with Crippen LogP contribution in [0.25, 0.3) is 0 Å². The lowest BCUT2D eigenvalue weighted by atomic mass is 10.5. The van der Waals surface area contributed by atoms with Crippen LogP contribution in [0.15, 0.2) is 9.98 Å². The van der Waals surface area contributed by atoms with Gasteiger partial charge in [-0.05, 0) is 12.2 Å². The molecule has 84 valence electrons. The number of aliphatic imine (C=N–C) groups is 2. The van der Waals surface area contributed by atoms with Crippen LogP contribution in [-0.4, -0.2) is 48.3 Å². The highest BCUT2D eigenvalue weighted by atomic mass is 32.2. The zero-order chi connectivity index (χ0) is 11.2. The summed E-state index contributed by atoms with van der Waals surface area (Å²) in [6.45, 7) is 1.14. The van der Waals surface area contributed by atoms with Crippen LogP contribution in [0, 0.1) is 0 Å². The summed E-state index contributed by atoms with van der Waals surface area (Å²) in [5.74, 6) is 4.06. The molecule has 15 heavy (non-hydrogen) atoms. The van der Waals surface area contributed by atoms with E-state index in [0.29, 0.717) is 13.1 Å². The summed E-state index contributed by atoms with van der Waals surface area (Å²) in [6, 6.07) is 0. The Kier molecular flexibility index (Phi) is 13.0. The van der Waals surface area contributed by atoms with Crippen LogP contribution in [0.2, 0.25) is 0 Å². The second kappa shape index (κ2) is 13.5. The Morgan fingerprint density at radius 3 is 2.07 bits per heavy atom. The number of hydrogen-bond acceptors (Lipinski definition) is 6. The van der Waals surface area contributed by atoms with Gasteiger partial charge in [-0.25, -0.2) is 19.6 Å². The number of thioether (sulfide) groups is 2. The molecule has 0 N–H and O–H groups in total. The van der Waals surface area contributed by atoms with E-state index in [-0.39, 0.29) is 0 Å². The Hall–Kier alpha value is -0.540. The Bertz CT molecular complexity index is 212. The van der Waals surface area contributed by atoms with Crippen molar-refractivity contribution >= 4 is 35.7 Å². The number of carbonyl (C=O) groups excluding carboxylic acids is 2. The first kappa shape index (κ1) is 14.5. The molecule has 0 atom stereocenters. The summed E-state index contributed by atoms with van der Waals surface area (Å²) in [6.07, 6.45) is 3.96. The lowest BCUT2D eigenvalue weighted by molar-refractivity contribution is 0.562. The van der Waals surface area contributed by atoms with Crippen molar-refractivity contribution in [2.45, 2.75) is 6.42 Å². The van der Waals surface area contributed by atoms with Crippen molar-refractivity contribution in [1.82, 2.24) is 0 Å². The average Bonchev–Trinajstić information content (AvgIpc) is 2.26. The van der Waals surface area contributed by atoms with E-state index < -0.39 is 0 Å². The minimum absolute atomic E-state index is 0.562. The molecule has 0 aliphatic carbocycles. The molecular weight excluding hydrogens is 232 g/mol. The van der Waals surface area contributed by atoms with E-state index in [1.165, 1.54) is 12.2 Å². The van der Waals surface area contributed by atoms with Gasteiger partial charge < -0.3 is 0 Å². The molecule has 0 aromatic rings. The van der Waals surface area contributed by atoms with Crippen LogP contribution >= 0.6 is 23.5 Å². The van der Waals surface area contributed by atoms with E-state index in [9.17, 15) is 9.59 Å². The summed E-state index contributed by atoms with van der Waals surface area (Å²) in [4.78, 5) is 26.4. The molecule has 0 saturated heterocycles. The maximum absolute atomic E-state index is 9.73. The third-order valence-corrected chi connectivity index (χ3v) is 3.70. The maximum Gasteiger partial charge on any atom is 0.234 e. The highest BCUT2D eigenvalue weighted by molar-refractivity contribution is 8.02. The molecule has 0 aliphatic rings. The Morgan fingerprint density at radius 1 is 0.800 bits per heavy atom. The Balaban J connectivity index is 2.98. The van der Waals surface area contributed by atoms with Gasteiger partial charge in [-0.15, -0.1) is 0 Å². The lowest BCUT2D eigenvalue weighted by Crippen LogP contribution is -1.92. The van der Waals surface area contributed by atoms with Gasteiger partial charge in [-0.3, -0.25) is 0 Å². The lowest BCUT2D eigenvalue weighted by Gasteiger charge is -1.99. The number of isocyanates is 2. The predicted octanol–water partition coefficient (Wildman–Crippen LogP) is 1.51. The number of hydrogen-bond donors (Lipinski definition) is 0. The van der Waals surface area contributed by atoms with Crippen molar-refractivity contribution < 1.29 is 9.59 Å². The molecule has 4 nitrogen and oxygen atoms in total. The minimum atomic E-state index is 0.562. The highest BCUT2D eigenvalue weighted by Gasteiger charge is 1.91. The van der Waals surface area contributed by atoms with Crippen LogP contribution in [0.1, 0.15) is 6.42 Å². The van der Waals surface area contributed by atoms with E-state index in [2.05, 4.69) is 9.98 Å². The molecular formula is C9H14N2O2S2. The van der Waals surface area contributed by atoms with Gasteiger partial charge in [-0.1, -0.05) is 0 Å². The summed E-state index contributed by atoms with van der Waals surface area (Å²) >= 11 is 3.63. The first-order valence-electron chi connectivity index (χ1n) is 4.64. The molecule has 0 aromatic carbocycles. The molecule has 0 saturated carbocycles. The van der Waals surface area contributed by atoms with Crippen molar-refractivity contribution in [3.8, 4) is 0 Å². The van der Waals surface area contributed by atoms with Crippen LogP contribution in [0.5, 0.6) is 0 Å². The van der Waals surface area contributed by atoms with Gasteiger partial charge in [-0.2, -0.15) is 23.5 Å². The van der Waals surface area contributed by atoms with Crippen LogP contribution < -0.4 is 0 Å². The standard InChI is InChI=1S/C9H14N2O2S2/c12-8-10-2-1-4-14-6-7-15-5-3-11-9-13/h1-7H2. The van der Waals surface area contributed by atoms with Crippen LogP contribution in [-0.2, 0) is 9.59 Å². The van der Waals surface area contributed by atoms with Gasteiger partial charge in [0.05, 0.1) is 13.1 Å². The monoisotopic (exact) mass is 246 g/mol. The molecule has 0 heterocycles. The van der Waals surface area contributed by atoms with Gasteiger partial charge in [0.1, 0.15) is 0 Å². The largest absolute Gasteiger partial charge is 0.234 e. The molecule has 0 spiro atoms. The summed E-state index contributed by atoms with van der Waals surface area (Å²) < 4.78 is 0. The third kappa shape index (κ3) is 13.5. The first-order chi connectivity index (χ1) is 7.41. The minimum Gasteiger partial charge on any atom is -0.211 e. The van der Waals surface area contributed by atoms with Crippen molar-refractivity contribution in [2.75, 3.05) is 36.1 Å². The van der Waals surface area contributed by atoms with Crippen LogP contribution in [0.4, 0.5) is 0 Å². The van der Waals surface area contributed by atoms with Crippen molar-refractivity contribution in [3.05, 3.63) is 0 Å². The summed E-state index contributed by atoms with van der Waals surface area (Å²) in [5.41, 5.74) is 0. The average molecular weight is 246 g/mol. The third-order valence-electron chi connectivity index (χ3n) is 1.41. The van der Waals surface area contributed by atoms with E-state index >= 15 is 0 Å². The molecule has 0 aliphatic heterocycles. The number of nitrogens with zero attached hydrogens (tertiary/aromatic N) is 2. The fourth-order valence-electron chi connectivity index (χ4n) is 0.769. The zero-order valence-electron chi connectivity index (χ0n) is 8.48. The summed E-state index contributed by atoms with van der Waals surface area (Å²) in [5, 5.41) is 0. The van der Waals surface area contributed by atoms with Crippen molar-refractivity contribution in [2.24, 2.45) is 9.98 Å². The van der Waals surface area contributed by atoms with Crippen molar-refractivity contribution in [3.63, 3.8) is 0 Å². The Labute approximate surface area is 98.0 Å². The fraction of sp³-hybridized carbons (Fsp3) is 0.778. The molecule has 0 bridgehead atoms. The normalized spacial score (nSPS) is 9.07. The second-order valence-corrected chi connectivity index (χ2v) is 4.97. The van der Waals surface area contributed by atoms with E-state index in [1.807, 2.05) is 11.8 Å². The topological polar surface area (TPSA) is 58.9 Å². The number of rotatable bonds is 10. The molecule has 0 unspecified atom stereocenters. The van der Waals surface area contributed by atoms with Gasteiger partial charge in [0.15, 0.2) is 0 Å². The maximum atomic E-state index is 9.73. The van der Waals surface area contributed by atoms with Gasteiger partial charge in [0.25, 0.3) is 0 Å². The summed E-state index contributed by atoms with van der Waals surface area (Å²) in [7, 11) is 0. The smallest absolute Gasteiger partial charge is 0.211 e. The zero-order valence-corrected chi connectivity index (χ0v) is 10.1. The van der Waals surface area contributed by atoms with E-state index in [4.69, 9.17) is 0 Å². The van der Waals surface area contributed by atoms with Crippen molar-refractivity contribution in [1.29, 1.82) is 0 Å².